The van der Waals surface area contributed by atoms with Crippen LogP contribution in [0.25, 0.3) is 0 Å². The van der Waals surface area contributed by atoms with Gasteiger partial charge in [-0.2, -0.15) is 5.10 Å². The number of H-pyrrole nitrogens is 1. The van der Waals surface area contributed by atoms with E-state index in [1.54, 1.807) is 6.20 Å². The molecule has 1 aromatic carbocycles. The highest BCUT2D eigenvalue weighted by Crippen LogP contribution is 2.06. The van der Waals surface area contributed by atoms with Crippen LogP contribution in [0.1, 0.15) is 34.1 Å². The molecule has 0 saturated heterocycles. The monoisotopic (exact) mass is 243 g/mol. The number of benzene rings is 1. The van der Waals surface area contributed by atoms with E-state index in [2.05, 4.69) is 34.6 Å². The first kappa shape index (κ1) is 12.4. The third kappa shape index (κ3) is 2.77. The van der Waals surface area contributed by atoms with E-state index in [-0.39, 0.29) is 5.91 Å². The molecule has 0 aliphatic rings. The van der Waals surface area contributed by atoms with Gasteiger partial charge >= 0.3 is 0 Å². The molecule has 0 radical (unpaired) electrons. The third-order valence-electron chi connectivity index (χ3n) is 2.96. The van der Waals surface area contributed by atoms with Gasteiger partial charge in [0.15, 0.2) is 0 Å². The Labute approximate surface area is 106 Å². The molecule has 0 aliphatic carbocycles. The summed E-state index contributed by atoms with van der Waals surface area (Å²) in [5.74, 6) is -0.0965. The molecular formula is C14H17N3O. The van der Waals surface area contributed by atoms with Crippen LogP contribution >= 0.6 is 0 Å². The molecule has 4 heteroatoms. The molecule has 94 valence electrons. The van der Waals surface area contributed by atoms with Crippen molar-refractivity contribution in [3.8, 4) is 0 Å². The average molecular weight is 243 g/mol. The SMILES string of the molecule is CCc1ccc(CNC(=O)c2cn[nH]c2C)cc1. The topological polar surface area (TPSA) is 57.8 Å². The van der Waals surface area contributed by atoms with E-state index < -0.39 is 0 Å². The van der Waals surface area contributed by atoms with Gasteiger partial charge in [0.05, 0.1) is 11.8 Å². The summed E-state index contributed by atoms with van der Waals surface area (Å²) in [6.45, 7) is 4.49. The summed E-state index contributed by atoms with van der Waals surface area (Å²) in [5, 5.41) is 9.47. The van der Waals surface area contributed by atoms with Crippen molar-refractivity contribution in [1.29, 1.82) is 0 Å². The lowest BCUT2D eigenvalue weighted by Gasteiger charge is -2.05. The molecule has 1 amide bonds. The fourth-order valence-electron chi connectivity index (χ4n) is 1.75. The van der Waals surface area contributed by atoms with Crippen molar-refractivity contribution in [3.05, 3.63) is 52.8 Å². The number of nitrogens with one attached hydrogen (secondary N) is 2. The number of aryl methyl sites for hydroxylation is 2. The zero-order chi connectivity index (χ0) is 13.0. The van der Waals surface area contributed by atoms with Crippen molar-refractivity contribution in [2.45, 2.75) is 26.8 Å². The molecule has 4 nitrogen and oxygen atoms in total. The van der Waals surface area contributed by atoms with E-state index in [9.17, 15) is 4.79 Å². The zero-order valence-electron chi connectivity index (χ0n) is 10.7. The average Bonchev–Trinajstić information content (AvgIpc) is 2.83. The number of hydrogen-bond donors (Lipinski definition) is 2. The first-order chi connectivity index (χ1) is 8.70. The molecule has 0 fully saturated rings. The Morgan fingerprint density at radius 2 is 1.94 bits per heavy atom. The molecular weight excluding hydrogens is 226 g/mol. The third-order valence-corrected chi connectivity index (χ3v) is 2.96. The van der Waals surface area contributed by atoms with Gasteiger partial charge in [-0.1, -0.05) is 31.2 Å². The fourth-order valence-corrected chi connectivity index (χ4v) is 1.75. The maximum atomic E-state index is 11.9. The van der Waals surface area contributed by atoms with E-state index in [0.29, 0.717) is 12.1 Å². The van der Waals surface area contributed by atoms with Crippen LogP contribution in [0.4, 0.5) is 0 Å². The minimum atomic E-state index is -0.0965. The van der Waals surface area contributed by atoms with E-state index in [4.69, 9.17) is 0 Å². The minimum Gasteiger partial charge on any atom is -0.348 e. The number of aromatic nitrogens is 2. The van der Waals surface area contributed by atoms with Crippen LogP contribution in [0.2, 0.25) is 0 Å². The lowest BCUT2D eigenvalue weighted by atomic mass is 10.1. The number of nitrogens with zero attached hydrogens (tertiary/aromatic N) is 1. The molecule has 0 saturated carbocycles. The van der Waals surface area contributed by atoms with Crippen LogP contribution in [0.3, 0.4) is 0 Å². The molecule has 1 heterocycles. The second kappa shape index (κ2) is 5.49. The summed E-state index contributed by atoms with van der Waals surface area (Å²) in [4.78, 5) is 11.9. The molecule has 18 heavy (non-hydrogen) atoms. The molecule has 0 bridgehead atoms. The van der Waals surface area contributed by atoms with Gasteiger partial charge in [0, 0.05) is 12.2 Å². The lowest BCUT2D eigenvalue weighted by molar-refractivity contribution is 0.0950. The molecule has 0 atom stereocenters. The van der Waals surface area contributed by atoms with Gasteiger partial charge in [-0.25, -0.2) is 0 Å². The first-order valence-electron chi connectivity index (χ1n) is 6.06. The van der Waals surface area contributed by atoms with Crippen LogP contribution < -0.4 is 5.32 Å². The van der Waals surface area contributed by atoms with E-state index in [1.165, 1.54) is 5.56 Å². The Hall–Kier alpha value is -2.10. The summed E-state index contributed by atoms with van der Waals surface area (Å²) >= 11 is 0. The molecule has 0 aliphatic heterocycles. The number of hydrogen-bond acceptors (Lipinski definition) is 2. The van der Waals surface area contributed by atoms with Crippen molar-refractivity contribution in [2.24, 2.45) is 0 Å². The zero-order valence-corrected chi connectivity index (χ0v) is 10.7. The van der Waals surface area contributed by atoms with Gasteiger partial charge in [-0.05, 0) is 24.5 Å². The Balaban J connectivity index is 1.95. The Morgan fingerprint density at radius 3 is 2.50 bits per heavy atom. The van der Waals surface area contributed by atoms with Crippen LogP contribution in [-0.4, -0.2) is 16.1 Å². The molecule has 1 aromatic heterocycles. The Morgan fingerprint density at radius 1 is 1.28 bits per heavy atom. The van der Waals surface area contributed by atoms with Crippen molar-refractivity contribution < 1.29 is 4.79 Å². The number of aromatic amines is 1. The van der Waals surface area contributed by atoms with Crippen LogP contribution in [0.5, 0.6) is 0 Å². The van der Waals surface area contributed by atoms with Crippen LogP contribution in [0.15, 0.2) is 30.5 Å². The predicted octanol–water partition coefficient (Wildman–Crippen LogP) is 2.21. The van der Waals surface area contributed by atoms with Crippen molar-refractivity contribution in [2.75, 3.05) is 0 Å². The molecule has 0 spiro atoms. The highest BCUT2D eigenvalue weighted by molar-refractivity contribution is 5.94. The number of carbonyl (C=O) groups is 1. The highest BCUT2D eigenvalue weighted by atomic mass is 16.1. The summed E-state index contributed by atoms with van der Waals surface area (Å²) in [6.07, 6.45) is 2.58. The first-order valence-corrected chi connectivity index (χ1v) is 6.06. The molecule has 2 rings (SSSR count). The minimum absolute atomic E-state index is 0.0965. The van der Waals surface area contributed by atoms with Gasteiger partial charge in [0.25, 0.3) is 5.91 Å². The lowest BCUT2D eigenvalue weighted by Crippen LogP contribution is -2.23. The smallest absolute Gasteiger partial charge is 0.255 e. The summed E-state index contributed by atoms with van der Waals surface area (Å²) in [5.41, 5.74) is 3.78. The predicted molar refractivity (Wildman–Crippen MR) is 70.3 cm³/mol. The van der Waals surface area contributed by atoms with E-state index in [1.807, 2.05) is 19.1 Å². The normalized spacial score (nSPS) is 10.3. The van der Waals surface area contributed by atoms with Crippen molar-refractivity contribution in [1.82, 2.24) is 15.5 Å². The van der Waals surface area contributed by atoms with Gasteiger partial charge < -0.3 is 5.32 Å². The Kier molecular flexibility index (Phi) is 3.77. The maximum Gasteiger partial charge on any atom is 0.255 e. The molecule has 0 unspecified atom stereocenters. The van der Waals surface area contributed by atoms with Gasteiger partial charge in [-0.3, -0.25) is 9.89 Å². The number of amides is 1. The van der Waals surface area contributed by atoms with E-state index in [0.717, 1.165) is 17.7 Å². The van der Waals surface area contributed by atoms with Gasteiger partial charge in [-0.15, -0.1) is 0 Å². The van der Waals surface area contributed by atoms with E-state index >= 15 is 0 Å². The second-order valence-electron chi connectivity index (χ2n) is 4.26. The number of rotatable bonds is 4. The fraction of sp³-hybridized carbons (Fsp3) is 0.286. The summed E-state index contributed by atoms with van der Waals surface area (Å²) in [7, 11) is 0. The van der Waals surface area contributed by atoms with Crippen LogP contribution in [-0.2, 0) is 13.0 Å². The van der Waals surface area contributed by atoms with Crippen LogP contribution in [0, 0.1) is 6.92 Å². The summed E-state index contributed by atoms with van der Waals surface area (Å²) < 4.78 is 0. The molecule has 2 N–H and O–H groups in total. The van der Waals surface area contributed by atoms with Gasteiger partial charge in [0.1, 0.15) is 0 Å². The maximum absolute atomic E-state index is 11.9. The Bertz CT molecular complexity index is 528. The van der Waals surface area contributed by atoms with Gasteiger partial charge in [0.2, 0.25) is 0 Å². The quantitative estimate of drug-likeness (QED) is 0.865. The number of carbonyl (C=O) groups excluding carboxylic acids is 1. The highest BCUT2D eigenvalue weighted by Gasteiger charge is 2.09. The second-order valence-corrected chi connectivity index (χ2v) is 4.26. The summed E-state index contributed by atoms with van der Waals surface area (Å²) in [6, 6.07) is 8.26. The van der Waals surface area contributed by atoms with Crippen molar-refractivity contribution in [3.63, 3.8) is 0 Å². The largest absolute Gasteiger partial charge is 0.348 e. The standard InChI is InChI=1S/C14H17N3O/c1-3-11-4-6-12(7-5-11)8-15-14(18)13-9-16-17-10(13)2/h4-7,9H,3,8H2,1-2H3,(H,15,18)(H,16,17). The molecule has 2 aromatic rings. The van der Waals surface area contributed by atoms with Crippen molar-refractivity contribution >= 4 is 5.91 Å².